The van der Waals surface area contributed by atoms with Crippen LogP contribution in [0.1, 0.15) is 78.6 Å². The Morgan fingerprint density at radius 1 is 0.963 bits per heavy atom. The van der Waals surface area contributed by atoms with E-state index in [9.17, 15) is 14.7 Å². The summed E-state index contributed by atoms with van der Waals surface area (Å²) in [4.78, 5) is 23.7. The van der Waals surface area contributed by atoms with Gasteiger partial charge in [0.1, 0.15) is 12.7 Å². The molecule has 4 aliphatic rings. The van der Waals surface area contributed by atoms with Crippen LogP contribution in [0.5, 0.6) is 0 Å². The first-order valence-electron chi connectivity index (χ1n) is 11.1. The zero-order chi connectivity index (χ0) is 19.4. The van der Waals surface area contributed by atoms with Gasteiger partial charge in [0.15, 0.2) is 5.78 Å². The molecule has 4 aliphatic carbocycles. The molecule has 0 aromatic carbocycles. The van der Waals surface area contributed by atoms with E-state index in [0.29, 0.717) is 17.3 Å². The van der Waals surface area contributed by atoms with Crippen LogP contribution in [0.4, 0.5) is 0 Å². The van der Waals surface area contributed by atoms with E-state index >= 15 is 0 Å². The van der Waals surface area contributed by atoms with Crippen molar-refractivity contribution in [3.8, 4) is 0 Å². The van der Waals surface area contributed by atoms with Gasteiger partial charge in [-0.1, -0.05) is 13.8 Å². The highest BCUT2D eigenvalue weighted by Crippen LogP contribution is 2.67. The maximum absolute atomic E-state index is 12.4. The molecule has 8 atom stereocenters. The summed E-state index contributed by atoms with van der Waals surface area (Å²) in [5.74, 6) is 2.77. The molecule has 0 spiro atoms. The molecule has 0 bridgehead atoms. The van der Waals surface area contributed by atoms with E-state index in [1.54, 1.807) is 0 Å². The molecule has 152 valence electrons. The summed E-state index contributed by atoms with van der Waals surface area (Å²) in [7, 11) is 0. The van der Waals surface area contributed by atoms with Crippen molar-refractivity contribution in [3.05, 3.63) is 0 Å². The molecule has 4 fully saturated rings. The fourth-order valence-corrected chi connectivity index (χ4v) is 8.20. The van der Waals surface area contributed by atoms with Gasteiger partial charge in [0.25, 0.3) is 0 Å². The van der Waals surface area contributed by atoms with E-state index in [-0.39, 0.29) is 35.8 Å². The first-order valence-corrected chi connectivity index (χ1v) is 11.1. The van der Waals surface area contributed by atoms with Crippen LogP contribution < -0.4 is 0 Å². The Hall–Kier alpha value is -0.900. The van der Waals surface area contributed by atoms with E-state index in [4.69, 9.17) is 4.74 Å². The lowest BCUT2D eigenvalue weighted by atomic mass is 9.44. The number of carbonyl (C=O) groups is 2. The van der Waals surface area contributed by atoms with Crippen LogP contribution in [-0.2, 0) is 14.3 Å². The van der Waals surface area contributed by atoms with Gasteiger partial charge in [0.05, 0.1) is 0 Å². The third-order valence-electron chi connectivity index (χ3n) is 9.49. The molecular weight excluding hydrogens is 340 g/mol. The summed E-state index contributed by atoms with van der Waals surface area (Å²) in [5, 5.41) is 9.43. The van der Waals surface area contributed by atoms with Crippen molar-refractivity contribution in [1.82, 2.24) is 0 Å². The number of hydrogen-bond donors (Lipinski definition) is 1. The number of aliphatic hydroxyl groups is 1. The molecule has 0 amide bonds. The zero-order valence-corrected chi connectivity index (χ0v) is 17.2. The lowest BCUT2D eigenvalue weighted by molar-refractivity contribution is -0.161. The van der Waals surface area contributed by atoms with Crippen molar-refractivity contribution in [3.63, 3.8) is 0 Å². The minimum Gasteiger partial charge on any atom is -0.463 e. The van der Waals surface area contributed by atoms with E-state index in [1.165, 1.54) is 32.6 Å². The molecule has 4 heteroatoms. The number of ether oxygens (including phenoxy) is 1. The molecule has 0 aromatic rings. The highest BCUT2D eigenvalue weighted by Gasteiger charge is 2.61. The molecule has 4 saturated carbocycles. The molecule has 4 rings (SSSR count). The van der Waals surface area contributed by atoms with Gasteiger partial charge in [-0.15, -0.1) is 0 Å². The Labute approximate surface area is 163 Å². The van der Waals surface area contributed by atoms with Crippen LogP contribution in [0, 0.1) is 40.4 Å². The van der Waals surface area contributed by atoms with Crippen LogP contribution in [0.25, 0.3) is 0 Å². The Morgan fingerprint density at radius 3 is 2.37 bits per heavy atom. The molecule has 0 aromatic heterocycles. The van der Waals surface area contributed by atoms with Gasteiger partial charge in [-0.2, -0.15) is 0 Å². The van der Waals surface area contributed by atoms with E-state index < -0.39 is 0 Å². The second-order valence-corrected chi connectivity index (χ2v) is 10.5. The molecular formula is C23H36O4. The van der Waals surface area contributed by atoms with E-state index in [2.05, 4.69) is 13.8 Å². The normalized spacial score (nSPS) is 48.9. The van der Waals surface area contributed by atoms with Crippen molar-refractivity contribution in [2.45, 2.75) is 84.7 Å². The largest absolute Gasteiger partial charge is 0.463 e. The Bertz CT molecular complexity index is 615. The number of rotatable bonds is 3. The second kappa shape index (κ2) is 6.86. The van der Waals surface area contributed by atoms with Gasteiger partial charge in [-0.05, 0) is 92.3 Å². The number of carbonyl (C=O) groups excluding carboxylic acids is 2. The third kappa shape index (κ3) is 2.97. The Kier molecular flexibility index (Phi) is 4.93. The monoisotopic (exact) mass is 376 g/mol. The fraction of sp³-hybridized carbons (Fsp3) is 0.913. The standard InChI is InChI=1S/C23H36O4/c1-14(25)27-16-8-10-22(2)15(12-16)4-5-17-18-6-7-20(21(26)13-24)23(18,3)11-9-19(17)22/h15-20,24H,4-13H2,1-3H3/t15?,16-,17?,18?,19?,20?,22?,23?/m1/s1. The molecule has 0 aliphatic heterocycles. The van der Waals surface area contributed by atoms with E-state index in [0.717, 1.165) is 43.9 Å². The van der Waals surface area contributed by atoms with Crippen molar-refractivity contribution < 1.29 is 19.4 Å². The molecule has 4 nitrogen and oxygen atoms in total. The van der Waals surface area contributed by atoms with Crippen molar-refractivity contribution in [1.29, 1.82) is 0 Å². The minimum atomic E-state index is -0.293. The summed E-state index contributed by atoms with van der Waals surface area (Å²) in [5.41, 5.74) is 0.457. The van der Waals surface area contributed by atoms with Gasteiger partial charge < -0.3 is 9.84 Å². The number of aliphatic hydroxyl groups excluding tert-OH is 1. The lowest BCUT2D eigenvalue weighted by Crippen LogP contribution is -2.54. The molecule has 0 heterocycles. The van der Waals surface area contributed by atoms with Gasteiger partial charge in [0.2, 0.25) is 0 Å². The number of Topliss-reactive ketones (excluding diaryl/α,β-unsaturated/α-hetero) is 1. The van der Waals surface area contributed by atoms with Crippen molar-refractivity contribution in [2.24, 2.45) is 40.4 Å². The quantitative estimate of drug-likeness (QED) is 0.752. The second-order valence-electron chi connectivity index (χ2n) is 10.5. The van der Waals surface area contributed by atoms with Crippen LogP contribution in [-0.4, -0.2) is 29.6 Å². The summed E-state index contributed by atoms with van der Waals surface area (Å²) in [6.07, 6.45) is 10.3. The SMILES string of the molecule is CC(=O)O[C@@H]1CCC2(C)C(CCC3C2CCC2(C)C(C(=O)CO)CCC32)C1. The van der Waals surface area contributed by atoms with Crippen molar-refractivity contribution >= 4 is 11.8 Å². The topological polar surface area (TPSA) is 63.6 Å². The highest BCUT2D eigenvalue weighted by molar-refractivity contribution is 5.83. The number of ketones is 1. The van der Waals surface area contributed by atoms with Crippen LogP contribution in [0.15, 0.2) is 0 Å². The van der Waals surface area contributed by atoms with E-state index in [1.807, 2.05) is 0 Å². The van der Waals surface area contributed by atoms with Crippen LogP contribution in [0.3, 0.4) is 0 Å². The lowest BCUT2D eigenvalue weighted by Gasteiger charge is -2.61. The summed E-state index contributed by atoms with van der Waals surface area (Å²) >= 11 is 0. The highest BCUT2D eigenvalue weighted by atomic mass is 16.5. The predicted octanol–water partition coefficient (Wildman–Crippen LogP) is 4.14. The Balaban J connectivity index is 1.53. The first-order chi connectivity index (χ1) is 12.8. The molecule has 27 heavy (non-hydrogen) atoms. The van der Waals surface area contributed by atoms with Gasteiger partial charge >= 0.3 is 5.97 Å². The van der Waals surface area contributed by atoms with Crippen molar-refractivity contribution in [2.75, 3.05) is 6.61 Å². The summed E-state index contributed by atoms with van der Waals surface area (Å²) in [6.45, 7) is 6.08. The molecule has 0 radical (unpaired) electrons. The van der Waals surface area contributed by atoms with Gasteiger partial charge in [0, 0.05) is 12.8 Å². The summed E-state index contributed by atoms with van der Waals surface area (Å²) < 4.78 is 5.56. The number of fused-ring (bicyclic) bond motifs is 5. The first kappa shape index (κ1) is 19.4. The number of esters is 1. The van der Waals surface area contributed by atoms with Gasteiger partial charge in [-0.3, -0.25) is 9.59 Å². The predicted molar refractivity (Wildman–Crippen MR) is 103 cm³/mol. The fourth-order valence-electron chi connectivity index (χ4n) is 8.20. The number of hydrogen-bond acceptors (Lipinski definition) is 4. The van der Waals surface area contributed by atoms with Crippen LogP contribution >= 0.6 is 0 Å². The minimum absolute atomic E-state index is 0.0682. The van der Waals surface area contributed by atoms with Gasteiger partial charge in [-0.25, -0.2) is 0 Å². The third-order valence-corrected chi connectivity index (χ3v) is 9.49. The average molecular weight is 377 g/mol. The maximum Gasteiger partial charge on any atom is 0.302 e. The Morgan fingerprint density at radius 2 is 1.67 bits per heavy atom. The zero-order valence-electron chi connectivity index (χ0n) is 17.2. The van der Waals surface area contributed by atoms with Crippen LogP contribution in [0.2, 0.25) is 0 Å². The molecule has 0 saturated heterocycles. The molecule has 7 unspecified atom stereocenters. The maximum atomic E-state index is 12.4. The average Bonchev–Trinajstić information content (AvgIpc) is 2.98. The smallest absolute Gasteiger partial charge is 0.302 e. The summed E-state index contributed by atoms with van der Waals surface area (Å²) in [6, 6.07) is 0. The molecule has 1 N–H and O–H groups in total.